The van der Waals surface area contributed by atoms with E-state index in [-0.39, 0.29) is 18.0 Å². The molecule has 10 heteroatoms. The van der Waals surface area contributed by atoms with Crippen LogP contribution in [0.3, 0.4) is 0 Å². The van der Waals surface area contributed by atoms with Gasteiger partial charge in [-0.25, -0.2) is 8.42 Å². The average molecular weight is 444 g/mol. The van der Waals surface area contributed by atoms with E-state index in [1.807, 2.05) is 0 Å². The number of benzene rings is 1. The zero-order valence-corrected chi connectivity index (χ0v) is 17.2. The van der Waals surface area contributed by atoms with Crippen LogP contribution in [0.2, 0.25) is 10.0 Å². The average Bonchev–Trinajstić information content (AvgIpc) is 3.18. The Kier molecular flexibility index (Phi) is 6.44. The molecule has 0 bridgehead atoms. The van der Waals surface area contributed by atoms with Crippen LogP contribution in [0.15, 0.2) is 46.2 Å². The number of amides is 1. The Balaban J connectivity index is 1.71. The second-order valence-corrected chi connectivity index (χ2v) is 9.24. The maximum atomic E-state index is 12.6. The van der Waals surface area contributed by atoms with Crippen molar-refractivity contribution in [3.8, 4) is 0 Å². The zero-order chi connectivity index (χ0) is 20.3. The molecule has 1 aliphatic heterocycles. The van der Waals surface area contributed by atoms with E-state index in [0.29, 0.717) is 28.7 Å². The normalized spacial score (nSPS) is 14.9. The maximum Gasteiger partial charge on any atom is 0.251 e. The Morgan fingerprint density at radius 2 is 1.82 bits per heavy atom. The van der Waals surface area contributed by atoms with Crippen molar-refractivity contribution in [3.63, 3.8) is 0 Å². The Morgan fingerprint density at radius 3 is 2.50 bits per heavy atom. The van der Waals surface area contributed by atoms with Gasteiger partial charge in [-0.3, -0.25) is 9.59 Å². The summed E-state index contributed by atoms with van der Waals surface area (Å²) < 4.78 is 27.8. The summed E-state index contributed by atoms with van der Waals surface area (Å²) in [6, 6.07) is 7.36. The highest BCUT2D eigenvalue weighted by molar-refractivity contribution is 7.89. The Morgan fingerprint density at radius 1 is 1.11 bits per heavy atom. The number of hydrogen-bond acceptors (Lipinski definition) is 4. The van der Waals surface area contributed by atoms with Crippen LogP contribution in [0.1, 0.15) is 18.4 Å². The van der Waals surface area contributed by atoms with Gasteiger partial charge in [-0.05, 0) is 36.6 Å². The largest absolute Gasteiger partial charge is 0.350 e. The lowest BCUT2D eigenvalue weighted by Crippen LogP contribution is -2.33. The van der Waals surface area contributed by atoms with Gasteiger partial charge in [0.2, 0.25) is 15.9 Å². The number of hydrogen-bond donors (Lipinski definition) is 1. The Labute approximate surface area is 172 Å². The van der Waals surface area contributed by atoms with E-state index >= 15 is 0 Å². The first-order chi connectivity index (χ1) is 13.3. The van der Waals surface area contributed by atoms with Gasteiger partial charge in [-0.1, -0.05) is 29.3 Å². The molecule has 0 aliphatic carbocycles. The number of carbonyl (C=O) groups excluding carboxylic acids is 1. The van der Waals surface area contributed by atoms with Crippen LogP contribution in [-0.4, -0.2) is 36.3 Å². The first kappa shape index (κ1) is 20.9. The van der Waals surface area contributed by atoms with E-state index in [2.05, 4.69) is 5.32 Å². The van der Waals surface area contributed by atoms with Crippen molar-refractivity contribution < 1.29 is 13.2 Å². The van der Waals surface area contributed by atoms with E-state index in [4.69, 9.17) is 23.2 Å². The van der Waals surface area contributed by atoms with E-state index in [0.717, 1.165) is 23.5 Å². The molecule has 0 saturated carbocycles. The number of pyridine rings is 1. The second-order valence-electron chi connectivity index (χ2n) is 6.45. The summed E-state index contributed by atoms with van der Waals surface area (Å²) in [5.74, 6) is -0.441. The van der Waals surface area contributed by atoms with Gasteiger partial charge >= 0.3 is 0 Å². The van der Waals surface area contributed by atoms with Crippen LogP contribution in [-0.2, 0) is 27.9 Å². The van der Waals surface area contributed by atoms with Gasteiger partial charge in [0.1, 0.15) is 6.54 Å². The van der Waals surface area contributed by atoms with Crippen molar-refractivity contribution >= 4 is 39.1 Å². The van der Waals surface area contributed by atoms with Gasteiger partial charge in [0, 0.05) is 41.9 Å². The molecular weight excluding hydrogens is 425 g/mol. The highest BCUT2D eigenvalue weighted by Crippen LogP contribution is 2.21. The third-order valence-electron chi connectivity index (χ3n) is 4.46. The van der Waals surface area contributed by atoms with Crippen molar-refractivity contribution in [2.24, 2.45) is 0 Å². The molecule has 0 spiro atoms. The quantitative estimate of drug-likeness (QED) is 0.741. The highest BCUT2D eigenvalue weighted by Gasteiger charge is 2.27. The van der Waals surface area contributed by atoms with Crippen molar-refractivity contribution in [2.45, 2.75) is 30.8 Å². The number of carbonyl (C=O) groups is 1. The standard InChI is InChI=1S/C18H19Cl2N3O4S/c19-14-4-3-13(16(20)9-14)10-21-17(24)12-22-11-15(5-6-18(22)25)28(26,27)23-7-1-2-8-23/h3-6,9,11H,1-2,7-8,10,12H2,(H,21,24). The fourth-order valence-electron chi connectivity index (χ4n) is 2.93. The molecule has 1 aromatic heterocycles. The first-order valence-electron chi connectivity index (χ1n) is 8.68. The van der Waals surface area contributed by atoms with Crippen LogP contribution in [0.4, 0.5) is 0 Å². The number of rotatable bonds is 6. The third kappa shape index (κ3) is 4.75. The smallest absolute Gasteiger partial charge is 0.251 e. The predicted octanol–water partition coefficient (Wildman–Crippen LogP) is 2.26. The van der Waals surface area contributed by atoms with Crippen molar-refractivity contribution in [1.29, 1.82) is 0 Å². The molecule has 0 unspecified atom stereocenters. The lowest BCUT2D eigenvalue weighted by Gasteiger charge is -2.16. The Bertz CT molecular complexity index is 1050. The monoisotopic (exact) mass is 443 g/mol. The SMILES string of the molecule is O=C(Cn1cc(S(=O)(=O)N2CCCC2)ccc1=O)NCc1ccc(Cl)cc1Cl. The van der Waals surface area contributed by atoms with Gasteiger partial charge in [-0.15, -0.1) is 0 Å². The molecule has 0 atom stereocenters. The van der Waals surface area contributed by atoms with Crippen LogP contribution in [0.25, 0.3) is 0 Å². The number of aromatic nitrogens is 1. The van der Waals surface area contributed by atoms with Gasteiger partial charge in [0.25, 0.3) is 5.56 Å². The summed E-state index contributed by atoms with van der Waals surface area (Å²) in [6.45, 7) is 0.788. The minimum atomic E-state index is -3.67. The summed E-state index contributed by atoms with van der Waals surface area (Å²) >= 11 is 11.9. The van der Waals surface area contributed by atoms with Gasteiger partial charge < -0.3 is 9.88 Å². The Hall–Kier alpha value is -1.87. The minimum Gasteiger partial charge on any atom is -0.350 e. The molecule has 1 fully saturated rings. The van der Waals surface area contributed by atoms with Crippen molar-refractivity contribution in [1.82, 2.24) is 14.2 Å². The number of halogens is 2. The molecule has 1 N–H and O–H groups in total. The molecule has 1 aliphatic rings. The fourth-order valence-corrected chi connectivity index (χ4v) is 4.95. The van der Waals surface area contributed by atoms with E-state index in [1.165, 1.54) is 16.6 Å². The van der Waals surface area contributed by atoms with Crippen LogP contribution in [0.5, 0.6) is 0 Å². The molecular formula is C18H19Cl2N3O4S. The minimum absolute atomic E-state index is 0.00236. The molecule has 1 saturated heterocycles. The topological polar surface area (TPSA) is 88.5 Å². The summed E-state index contributed by atoms with van der Waals surface area (Å²) in [4.78, 5) is 24.3. The van der Waals surface area contributed by atoms with Gasteiger partial charge in [0.15, 0.2) is 0 Å². The lowest BCUT2D eigenvalue weighted by atomic mass is 10.2. The second kappa shape index (κ2) is 8.65. The van der Waals surface area contributed by atoms with E-state index in [9.17, 15) is 18.0 Å². The highest BCUT2D eigenvalue weighted by atomic mass is 35.5. The summed E-state index contributed by atoms with van der Waals surface area (Å²) in [6.07, 6.45) is 2.84. The van der Waals surface area contributed by atoms with Gasteiger partial charge in [-0.2, -0.15) is 4.31 Å². The van der Waals surface area contributed by atoms with Gasteiger partial charge in [0.05, 0.1) is 4.90 Å². The molecule has 3 rings (SSSR count). The third-order valence-corrected chi connectivity index (χ3v) is 6.93. The molecule has 150 valence electrons. The zero-order valence-electron chi connectivity index (χ0n) is 14.9. The van der Waals surface area contributed by atoms with Crippen LogP contribution < -0.4 is 10.9 Å². The molecule has 1 amide bonds. The molecule has 0 radical (unpaired) electrons. The first-order valence-corrected chi connectivity index (χ1v) is 10.9. The van der Waals surface area contributed by atoms with Crippen LogP contribution >= 0.6 is 23.2 Å². The maximum absolute atomic E-state index is 12.6. The molecule has 2 heterocycles. The van der Waals surface area contributed by atoms with Crippen molar-refractivity contribution in [3.05, 3.63) is 62.5 Å². The molecule has 2 aromatic rings. The number of nitrogens with one attached hydrogen (secondary N) is 1. The summed E-state index contributed by atoms with van der Waals surface area (Å²) in [5.41, 5.74) is 0.220. The van der Waals surface area contributed by atoms with E-state index in [1.54, 1.807) is 18.2 Å². The fraction of sp³-hybridized carbons (Fsp3) is 0.333. The molecule has 1 aromatic carbocycles. The number of sulfonamides is 1. The number of nitrogens with zero attached hydrogens (tertiary/aromatic N) is 2. The van der Waals surface area contributed by atoms with Crippen molar-refractivity contribution in [2.75, 3.05) is 13.1 Å². The summed E-state index contributed by atoms with van der Waals surface area (Å²) in [5, 5.41) is 3.57. The molecule has 7 nitrogen and oxygen atoms in total. The predicted molar refractivity (Wildman–Crippen MR) is 107 cm³/mol. The van der Waals surface area contributed by atoms with E-state index < -0.39 is 21.5 Å². The molecule has 28 heavy (non-hydrogen) atoms. The van der Waals surface area contributed by atoms with Crippen LogP contribution in [0, 0.1) is 0 Å². The lowest BCUT2D eigenvalue weighted by molar-refractivity contribution is -0.121. The summed E-state index contributed by atoms with van der Waals surface area (Å²) in [7, 11) is -3.67.